The number of ether oxygens (including phenoxy) is 2. The highest BCUT2D eigenvalue weighted by Crippen LogP contribution is 2.36. The number of nitrogens with one attached hydrogen (secondary N) is 2. The van der Waals surface area contributed by atoms with E-state index in [0.717, 1.165) is 12.8 Å². The minimum absolute atomic E-state index is 0.0949. The number of amides is 2. The van der Waals surface area contributed by atoms with Crippen molar-refractivity contribution in [3.8, 4) is 0 Å². The summed E-state index contributed by atoms with van der Waals surface area (Å²) in [4.78, 5) is 23.3. The van der Waals surface area contributed by atoms with Crippen molar-refractivity contribution in [3.63, 3.8) is 0 Å². The van der Waals surface area contributed by atoms with E-state index in [1.807, 2.05) is 27.7 Å². The van der Waals surface area contributed by atoms with Crippen LogP contribution in [0, 0.1) is 35.5 Å². The summed E-state index contributed by atoms with van der Waals surface area (Å²) >= 11 is 0. The molecule has 200 valence electrons. The fraction of sp³-hybridized carbons (Fsp3) is 0.929. The lowest BCUT2D eigenvalue weighted by Crippen LogP contribution is -2.40. The van der Waals surface area contributed by atoms with E-state index in [1.165, 1.54) is 25.7 Å². The van der Waals surface area contributed by atoms with Gasteiger partial charge in [-0.05, 0) is 88.9 Å². The third kappa shape index (κ3) is 11.3. The zero-order chi connectivity index (χ0) is 26.0. The molecule has 2 N–H and O–H groups in total. The Morgan fingerprint density at radius 1 is 0.618 bits per heavy atom. The summed E-state index contributed by atoms with van der Waals surface area (Å²) < 4.78 is 11.2. The Labute approximate surface area is 209 Å². The van der Waals surface area contributed by atoms with Gasteiger partial charge in [0.05, 0.1) is 0 Å². The van der Waals surface area contributed by atoms with Crippen LogP contribution < -0.4 is 10.6 Å². The van der Waals surface area contributed by atoms with Crippen LogP contribution in [0.15, 0.2) is 0 Å². The van der Waals surface area contributed by atoms with Gasteiger partial charge in [-0.25, -0.2) is 9.59 Å². The van der Waals surface area contributed by atoms with Crippen molar-refractivity contribution in [3.05, 3.63) is 0 Å². The Kier molecular flexibility index (Phi) is 13.3. The van der Waals surface area contributed by atoms with Crippen molar-refractivity contribution < 1.29 is 19.1 Å². The number of hydrogen-bond donors (Lipinski definition) is 2. The maximum atomic E-state index is 11.7. The predicted octanol–water partition coefficient (Wildman–Crippen LogP) is 7.16. The summed E-state index contributed by atoms with van der Waals surface area (Å²) in [6, 6.07) is 0.280. The summed E-state index contributed by atoms with van der Waals surface area (Å²) in [5, 5.41) is 5.61. The van der Waals surface area contributed by atoms with Crippen molar-refractivity contribution in [2.75, 3.05) is 0 Å². The van der Waals surface area contributed by atoms with Crippen LogP contribution in [0.4, 0.5) is 9.59 Å². The Morgan fingerprint density at radius 3 is 1.21 bits per heavy atom. The molecule has 2 rings (SSSR count). The topological polar surface area (TPSA) is 76.7 Å². The molecule has 2 fully saturated rings. The average molecular weight is 483 g/mol. The minimum atomic E-state index is -0.259. The lowest BCUT2D eigenvalue weighted by Gasteiger charge is -2.36. The SMILES string of the molecule is CC(C)NC(=O)O[C@@H]1C[C@@H](C)CCC1C(C)C.CC(C)NC(=O)O[C@H]1C[C@H](C)CC[C@H]1C(C)C. The quantitative estimate of drug-likeness (QED) is 0.421. The number of carbonyl (C=O) groups is 2. The summed E-state index contributed by atoms with van der Waals surface area (Å²) in [7, 11) is 0. The van der Waals surface area contributed by atoms with Gasteiger partial charge in [0.2, 0.25) is 0 Å². The Morgan fingerprint density at radius 2 is 0.941 bits per heavy atom. The molecule has 2 aliphatic rings. The maximum Gasteiger partial charge on any atom is 0.407 e. The monoisotopic (exact) mass is 482 g/mol. The van der Waals surface area contributed by atoms with Crippen LogP contribution in [0.1, 0.15) is 108 Å². The minimum Gasteiger partial charge on any atom is -0.446 e. The maximum absolute atomic E-state index is 11.7. The molecule has 2 saturated carbocycles. The van der Waals surface area contributed by atoms with Crippen molar-refractivity contribution >= 4 is 12.2 Å². The standard InChI is InChI=1S/2C14H27NO2/c2*1-9(2)12-7-6-11(5)8-13(12)17-14(16)15-10(3)4/h2*9-13H,6-8H2,1-5H3,(H,15,16)/t11-,12?,13+;11-,12+,13+/m01/s1. The molecule has 6 atom stereocenters. The second-order valence-electron chi connectivity index (χ2n) is 12.1. The number of hydrogen-bond acceptors (Lipinski definition) is 4. The Hall–Kier alpha value is -1.46. The van der Waals surface area contributed by atoms with E-state index < -0.39 is 0 Å². The average Bonchev–Trinajstić information content (AvgIpc) is 2.66. The summed E-state index contributed by atoms with van der Waals surface area (Å²) in [6.07, 6.45) is 6.56. The Balaban J connectivity index is 0.000000340. The number of carbonyl (C=O) groups excluding carboxylic acids is 2. The van der Waals surface area contributed by atoms with Crippen molar-refractivity contribution in [2.45, 2.75) is 132 Å². The normalized spacial score (nSPS) is 29.5. The van der Waals surface area contributed by atoms with Crippen molar-refractivity contribution in [2.24, 2.45) is 35.5 Å². The zero-order valence-electron chi connectivity index (χ0n) is 23.6. The zero-order valence-corrected chi connectivity index (χ0v) is 23.6. The van der Waals surface area contributed by atoms with E-state index in [9.17, 15) is 9.59 Å². The van der Waals surface area contributed by atoms with E-state index in [4.69, 9.17) is 9.47 Å². The van der Waals surface area contributed by atoms with Gasteiger partial charge in [0.25, 0.3) is 0 Å². The Bertz CT molecular complexity index is 553. The second kappa shape index (κ2) is 14.8. The fourth-order valence-corrected chi connectivity index (χ4v) is 5.31. The molecule has 2 amide bonds. The van der Waals surface area contributed by atoms with Gasteiger partial charge >= 0.3 is 12.2 Å². The molecule has 0 bridgehead atoms. The molecule has 0 aliphatic heterocycles. The molecule has 0 aromatic heterocycles. The largest absolute Gasteiger partial charge is 0.446 e. The van der Waals surface area contributed by atoms with Crippen LogP contribution >= 0.6 is 0 Å². The highest BCUT2D eigenvalue weighted by atomic mass is 16.6. The van der Waals surface area contributed by atoms with E-state index in [-0.39, 0.29) is 36.5 Å². The first kappa shape index (κ1) is 30.6. The summed E-state index contributed by atoms with van der Waals surface area (Å²) in [5.41, 5.74) is 0. The smallest absolute Gasteiger partial charge is 0.407 e. The highest BCUT2D eigenvalue weighted by Gasteiger charge is 2.34. The van der Waals surface area contributed by atoms with Gasteiger partial charge < -0.3 is 20.1 Å². The number of alkyl carbamates (subject to hydrolysis) is 2. The van der Waals surface area contributed by atoms with E-state index in [0.29, 0.717) is 35.5 Å². The van der Waals surface area contributed by atoms with Crippen LogP contribution in [0.25, 0.3) is 0 Å². The molecule has 0 saturated heterocycles. The molecule has 0 aromatic carbocycles. The lowest BCUT2D eigenvalue weighted by atomic mass is 9.75. The predicted molar refractivity (Wildman–Crippen MR) is 140 cm³/mol. The molecular formula is C28H54N2O4. The van der Waals surface area contributed by atoms with Gasteiger partial charge in [0.15, 0.2) is 0 Å². The molecule has 6 nitrogen and oxygen atoms in total. The molecule has 0 spiro atoms. The van der Waals surface area contributed by atoms with Gasteiger partial charge in [0.1, 0.15) is 12.2 Å². The van der Waals surface area contributed by atoms with Crippen molar-refractivity contribution in [1.82, 2.24) is 10.6 Å². The van der Waals surface area contributed by atoms with E-state index >= 15 is 0 Å². The first-order valence-electron chi connectivity index (χ1n) is 13.7. The first-order valence-corrected chi connectivity index (χ1v) is 13.7. The molecule has 1 unspecified atom stereocenters. The summed E-state index contributed by atoms with van der Waals surface area (Å²) in [6.45, 7) is 21.2. The third-order valence-electron chi connectivity index (χ3n) is 7.25. The summed E-state index contributed by atoms with van der Waals surface area (Å²) in [5.74, 6) is 3.54. The van der Waals surface area contributed by atoms with E-state index in [1.54, 1.807) is 0 Å². The van der Waals surface area contributed by atoms with Crippen LogP contribution in [0.2, 0.25) is 0 Å². The number of rotatable bonds is 6. The van der Waals surface area contributed by atoms with Gasteiger partial charge in [-0.2, -0.15) is 0 Å². The van der Waals surface area contributed by atoms with Crippen LogP contribution in [0.3, 0.4) is 0 Å². The molecule has 6 heteroatoms. The highest BCUT2D eigenvalue weighted by molar-refractivity contribution is 5.68. The molecule has 0 aromatic rings. The molecule has 0 radical (unpaired) electrons. The molecule has 2 aliphatic carbocycles. The van der Waals surface area contributed by atoms with Gasteiger partial charge in [-0.15, -0.1) is 0 Å². The molecule has 0 heterocycles. The van der Waals surface area contributed by atoms with Gasteiger partial charge in [0, 0.05) is 12.1 Å². The lowest BCUT2D eigenvalue weighted by molar-refractivity contribution is 0.00483. The van der Waals surface area contributed by atoms with Crippen LogP contribution in [-0.2, 0) is 9.47 Å². The van der Waals surface area contributed by atoms with Gasteiger partial charge in [-0.1, -0.05) is 54.4 Å². The van der Waals surface area contributed by atoms with Crippen LogP contribution in [0.5, 0.6) is 0 Å². The first-order chi connectivity index (χ1) is 15.8. The van der Waals surface area contributed by atoms with Crippen LogP contribution in [-0.4, -0.2) is 36.5 Å². The van der Waals surface area contributed by atoms with E-state index in [2.05, 4.69) is 52.2 Å². The second-order valence-corrected chi connectivity index (χ2v) is 12.1. The fourth-order valence-electron chi connectivity index (χ4n) is 5.31. The molecular weight excluding hydrogens is 428 g/mol. The molecule has 34 heavy (non-hydrogen) atoms. The third-order valence-corrected chi connectivity index (χ3v) is 7.25. The van der Waals surface area contributed by atoms with Gasteiger partial charge in [-0.3, -0.25) is 0 Å². The van der Waals surface area contributed by atoms with Crippen molar-refractivity contribution in [1.29, 1.82) is 0 Å².